The molecule has 0 unspecified atom stereocenters. The summed E-state index contributed by atoms with van der Waals surface area (Å²) in [5.41, 5.74) is 2.32. The SMILES string of the molecule is N#CCC(=O)Nc1ccc2c(cnn2Cc2cccc(F)c2)c1. The van der Waals surface area contributed by atoms with Crippen molar-refractivity contribution >= 4 is 22.5 Å². The molecule has 2 aromatic carbocycles. The first-order valence-electron chi connectivity index (χ1n) is 7.02. The number of benzene rings is 2. The van der Waals surface area contributed by atoms with E-state index in [1.807, 2.05) is 12.1 Å². The largest absolute Gasteiger partial charge is 0.325 e. The number of carbonyl (C=O) groups excluding carboxylic acids is 1. The smallest absolute Gasteiger partial charge is 0.238 e. The van der Waals surface area contributed by atoms with Crippen molar-refractivity contribution in [3.63, 3.8) is 0 Å². The van der Waals surface area contributed by atoms with Crippen LogP contribution < -0.4 is 5.32 Å². The molecule has 0 saturated carbocycles. The Hall–Kier alpha value is -3.20. The van der Waals surface area contributed by atoms with Crippen molar-refractivity contribution in [2.75, 3.05) is 5.32 Å². The predicted molar refractivity (Wildman–Crippen MR) is 84.1 cm³/mol. The number of fused-ring (bicyclic) bond motifs is 1. The molecule has 1 aromatic heterocycles. The molecule has 3 aromatic rings. The highest BCUT2D eigenvalue weighted by Crippen LogP contribution is 2.20. The molecule has 0 aliphatic rings. The minimum absolute atomic E-state index is 0.184. The fraction of sp³-hybridized carbons (Fsp3) is 0.118. The topological polar surface area (TPSA) is 70.7 Å². The number of nitrogens with one attached hydrogen (secondary N) is 1. The number of rotatable bonds is 4. The first-order valence-corrected chi connectivity index (χ1v) is 7.02. The van der Waals surface area contributed by atoms with E-state index in [0.717, 1.165) is 16.5 Å². The Bertz CT molecular complexity index is 910. The average molecular weight is 308 g/mol. The van der Waals surface area contributed by atoms with E-state index in [2.05, 4.69) is 10.4 Å². The van der Waals surface area contributed by atoms with Crippen LogP contribution >= 0.6 is 0 Å². The molecule has 0 atom stereocenters. The van der Waals surface area contributed by atoms with Crippen LogP contribution in [0.25, 0.3) is 10.9 Å². The highest BCUT2D eigenvalue weighted by Gasteiger charge is 2.07. The van der Waals surface area contributed by atoms with Gasteiger partial charge in [-0.15, -0.1) is 0 Å². The van der Waals surface area contributed by atoms with Gasteiger partial charge in [-0.3, -0.25) is 9.48 Å². The Morgan fingerprint density at radius 3 is 2.96 bits per heavy atom. The highest BCUT2D eigenvalue weighted by atomic mass is 19.1. The third-order valence-corrected chi connectivity index (χ3v) is 3.39. The van der Waals surface area contributed by atoms with E-state index in [1.165, 1.54) is 12.1 Å². The molecule has 0 aliphatic heterocycles. The van der Waals surface area contributed by atoms with Crippen LogP contribution in [0.15, 0.2) is 48.7 Å². The number of amides is 1. The van der Waals surface area contributed by atoms with Crippen molar-refractivity contribution in [3.05, 3.63) is 60.0 Å². The zero-order valence-electron chi connectivity index (χ0n) is 12.2. The number of nitriles is 1. The number of anilines is 1. The fourth-order valence-electron chi connectivity index (χ4n) is 2.38. The molecule has 0 spiro atoms. The van der Waals surface area contributed by atoms with Crippen LogP contribution in [0.2, 0.25) is 0 Å². The van der Waals surface area contributed by atoms with E-state index >= 15 is 0 Å². The summed E-state index contributed by atoms with van der Waals surface area (Å²) in [6.07, 6.45) is 1.51. The van der Waals surface area contributed by atoms with Gasteiger partial charge in [0.05, 0.1) is 24.3 Å². The van der Waals surface area contributed by atoms with Gasteiger partial charge in [-0.2, -0.15) is 10.4 Å². The quantitative estimate of drug-likeness (QED) is 0.805. The summed E-state index contributed by atoms with van der Waals surface area (Å²) in [4.78, 5) is 11.4. The molecule has 0 aliphatic carbocycles. The summed E-state index contributed by atoms with van der Waals surface area (Å²) < 4.78 is 15.0. The number of nitrogens with zero attached hydrogens (tertiary/aromatic N) is 3. The van der Waals surface area contributed by atoms with Gasteiger partial charge in [-0.05, 0) is 35.9 Å². The van der Waals surface area contributed by atoms with Crippen molar-refractivity contribution in [2.45, 2.75) is 13.0 Å². The lowest BCUT2D eigenvalue weighted by Gasteiger charge is -2.06. The molecule has 1 N–H and O–H groups in total. The van der Waals surface area contributed by atoms with Crippen LogP contribution in [0.5, 0.6) is 0 Å². The zero-order valence-corrected chi connectivity index (χ0v) is 12.2. The molecular formula is C17H13FN4O. The van der Waals surface area contributed by atoms with Gasteiger partial charge in [0.15, 0.2) is 0 Å². The van der Waals surface area contributed by atoms with Gasteiger partial charge < -0.3 is 5.32 Å². The lowest BCUT2D eigenvalue weighted by Crippen LogP contribution is -2.09. The molecule has 23 heavy (non-hydrogen) atoms. The second kappa shape index (κ2) is 6.28. The molecule has 114 valence electrons. The maximum absolute atomic E-state index is 13.3. The molecule has 0 fully saturated rings. The maximum atomic E-state index is 13.3. The van der Waals surface area contributed by atoms with Crippen molar-refractivity contribution < 1.29 is 9.18 Å². The van der Waals surface area contributed by atoms with Crippen LogP contribution in [0, 0.1) is 17.1 Å². The predicted octanol–water partition coefficient (Wildman–Crippen LogP) is 3.08. The summed E-state index contributed by atoms with van der Waals surface area (Å²) >= 11 is 0. The Labute approximate surface area is 132 Å². The van der Waals surface area contributed by atoms with Crippen LogP contribution in [-0.4, -0.2) is 15.7 Å². The molecule has 0 radical (unpaired) electrons. The average Bonchev–Trinajstić information content (AvgIpc) is 2.90. The van der Waals surface area contributed by atoms with E-state index in [0.29, 0.717) is 12.2 Å². The van der Waals surface area contributed by atoms with E-state index in [4.69, 9.17) is 5.26 Å². The van der Waals surface area contributed by atoms with E-state index in [1.54, 1.807) is 35.1 Å². The molecule has 3 rings (SSSR count). The molecule has 0 saturated heterocycles. The van der Waals surface area contributed by atoms with Gasteiger partial charge in [-0.1, -0.05) is 12.1 Å². The summed E-state index contributed by atoms with van der Waals surface area (Å²) in [5, 5.41) is 16.3. The van der Waals surface area contributed by atoms with Gasteiger partial charge >= 0.3 is 0 Å². The lowest BCUT2D eigenvalue weighted by atomic mass is 10.2. The Morgan fingerprint density at radius 2 is 2.17 bits per heavy atom. The highest BCUT2D eigenvalue weighted by molar-refractivity contribution is 5.94. The Kier molecular flexibility index (Phi) is 4.02. The normalized spacial score (nSPS) is 10.4. The number of hydrogen-bond acceptors (Lipinski definition) is 3. The monoisotopic (exact) mass is 308 g/mol. The van der Waals surface area contributed by atoms with Crippen molar-refractivity contribution in [1.29, 1.82) is 5.26 Å². The number of aromatic nitrogens is 2. The van der Waals surface area contributed by atoms with Crippen LogP contribution in [0.1, 0.15) is 12.0 Å². The summed E-state index contributed by atoms with van der Waals surface area (Å²) in [5.74, 6) is -0.625. The van der Waals surface area contributed by atoms with E-state index in [-0.39, 0.29) is 18.1 Å². The minimum Gasteiger partial charge on any atom is -0.325 e. The van der Waals surface area contributed by atoms with Gasteiger partial charge in [0.25, 0.3) is 0 Å². The third-order valence-electron chi connectivity index (χ3n) is 3.39. The van der Waals surface area contributed by atoms with Gasteiger partial charge in [0, 0.05) is 11.1 Å². The maximum Gasteiger partial charge on any atom is 0.238 e. The molecule has 1 amide bonds. The first-order chi connectivity index (χ1) is 11.2. The first kappa shape index (κ1) is 14.7. The van der Waals surface area contributed by atoms with E-state index < -0.39 is 0 Å². The fourth-order valence-corrected chi connectivity index (χ4v) is 2.38. The summed E-state index contributed by atoms with van der Waals surface area (Å²) in [6, 6.07) is 13.6. The molecule has 1 heterocycles. The molecule has 6 heteroatoms. The van der Waals surface area contributed by atoms with E-state index in [9.17, 15) is 9.18 Å². The second-order valence-electron chi connectivity index (χ2n) is 5.09. The minimum atomic E-state index is -0.348. The molecular weight excluding hydrogens is 295 g/mol. The number of halogens is 1. The van der Waals surface area contributed by atoms with Gasteiger partial charge in [0.2, 0.25) is 5.91 Å². The number of hydrogen-bond donors (Lipinski definition) is 1. The lowest BCUT2D eigenvalue weighted by molar-refractivity contribution is -0.115. The van der Waals surface area contributed by atoms with Crippen LogP contribution in [0.4, 0.5) is 10.1 Å². The third kappa shape index (κ3) is 3.35. The standard InChI is InChI=1S/C17H13FN4O/c18-14-3-1-2-12(8-14)11-22-16-5-4-15(9-13(16)10-20-22)21-17(23)6-7-19/h1-5,8-10H,6,11H2,(H,21,23). The van der Waals surface area contributed by atoms with Crippen molar-refractivity contribution in [2.24, 2.45) is 0 Å². The Morgan fingerprint density at radius 1 is 1.30 bits per heavy atom. The van der Waals surface area contributed by atoms with Crippen LogP contribution in [0.3, 0.4) is 0 Å². The summed E-state index contributed by atoms with van der Waals surface area (Å²) in [7, 11) is 0. The van der Waals surface area contributed by atoms with Crippen LogP contribution in [-0.2, 0) is 11.3 Å². The summed E-state index contributed by atoms with van der Waals surface area (Å²) in [6.45, 7) is 0.460. The molecule has 5 nitrogen and oxygen atoms in total. The van der Waals surface area contributed by atoms with Crippen molar-refractivity contribution in [3.8, 4) is 6.07 Å². The second-order valence-corrected chi connectivity index (χ2v) is 5.09. The Balaban J connectivity index is 1.84. The van der Waals surface area contributed by atoms with Crippen molar-refractivity contribution in [1.82, 2.24) is 9.78 Å². The van der Waals surface area contributed by atoms with Gasteiger partial charge in [0.1, 0.15) is 12.2 Å². The zero-order chi connectivity index (χ0) is 16.2. The number of carbonyl (C=O) groups is 1. The van der Waals surface area contributed by atoms with Gasteiger partial charge in [-0.25, -0.2) is 4.39 Å². The molecule has 0 bridgehead atoms.